The second kappa shape index (κ2) is 6.97. The highest BCUT2D eigenvalue weighted by Crippen LogP contribution is 2.19. The monoisotopic (exact) mass is 301 g/mol. The number of hydrogen-bond donors (Lipinski definition) is 1. The van der Waals surface area contributed by atoms with Gasteiger partial charge in [0.1, 0.15) is 11.6 Å². The molecule has 7 heteroatoms. The average Bonchev–Trinajstić information content (AvgIpc) is 2.74. The summed E-state index contributed by atoms with van der Waals surface area (Å²) in [4.78, 5) is 16.1. The normalized spacial score (nSPS) is 13.3. The van der Waals surface area contributed by atoms with Gasteiger partial charge in [-0.25, -0.2) is 4.79 Å². The van der Waals surface area contributed by atoms with Gasteiger partial charge < -0.3 is 14.6 Å². The van der Waals surface area contributed by atoms with Crippen molar-refractivity contribution in [3.05, 3.63) is 11.7 Å². The Morgan fingerprint density at radius 1 is 1.45 bits per heavy atom. The summed E-state index contributed by atoms with van der Waals surface area (Å²) in [7, 11) is 0. The van der Waals surface area contributed by atoms with Crippen LogP contribution in [0.5, 0.6) is 0 Å². The molecule has 6 nitrogen and oxygen atoms in total. The first-order chi connectivity index (χ1) is 9.23. The van der Waals surface area contributed by atoms with Crippen LogP contribution in [-0.4, -0.2) is 33.8 Å². The van der Waals surface area contributed by atoms with Crippen LogP contribution in [0.2, 0.25) is 0 Å². The lowest BCUT2D eigenvalue weighted by molar-refractivity contribution is 0.0500. The zero-order chi connectivity index (χ0) is 15.3. The van der Waals surface area contributed by atoms with Crippen LogP contribution in [-0.2, 0) is 4.74 Å². The van der Waals surface area contributed by atoms with Crippen molar-refractivity contribution >= 4 is 17.9 Å². The summed E-state index contributed by atoms with van der Waals surface area (Å²) in [6, 6.07) is -0.347. The number of hydrogen-bond acceptors (Lipinski definition) is 6. The number of carbonyl (C=O) groups excluding carboxylic acids is 1. The Hall–Kier alpha value is -1.24. The summed E-state index contributed by atoms with van der Waals surface area (Å²) in [5, 5.41) is 6.68. The molecule has 1 rings (SSSR count). The van der Waals surface area contributed by atoms with Crippen molar-refractivity contribution in [2.75, 3.05) is 12.0 Å². The number of amides is 1. The van der Waals surface area contributed by atoms with Gasteiger partial charge in [0.15, 0.2) is 5.82 Å². The standard InChI is InChI=1S/C13H23N3O3S/c1-8(2)10-15-11(19-16-10)9(7-20-6)14-12(17)18-13(3,4)5/h8-9H,7H2,1-6H3,(H,14,17)/t9-/m0/s1. The lowest BCUT2D eigenvalue weighted by Gasteiger charge is -2.21. The fraction of sp³-hybridized carbons (Fsp3) is 0.769. The molecule has 0 saturated carbocycles. The predicted octanol–water partition coefficient (Wildman–Crippen LogP) is 3.12. The van der Waals surface area contributed by atoms with Gasteiger partial charge in [0, 0.05) is 11.7 Å². The Labute approximate surface area is 124 Å². The van der Waals surface area contributed by atoms with E-state index in [4.69, 9.17) is 9.26 Å². The zero-order valence-electron chi connectivity index (χ0n) is 12.9. The first-order valence-corrected chi connectivity index (χ1v) is 7.94. The summed E-state index contributed by atoms with van der Waals surface area (Å²) in [6.45, 7) is 9.43. The molecule has 0 aliphatic heterocycles. The van der Waals surface area contributed by atoms with E-state index in [1.807, 2.05) is 40.9 Å². The molecule has 0 spiro atoms. The topological polar surface area (TPSA) is 77.2 Å². The molecular formula is C13H23N3O3S. The van der Waals surface area contributed by atoms with Crippen molar-refractivity contribution in [3.63, 3.8) is 0 Å². The summed E-state index contributed by atoms with van der Waals surface area (Å²) in [5.74, 6) is 1.87. The molecule has 1 heterocycles. The summed E-state index contributed by atoms with van der Waals surface area (Å²) in [5.41, 5.74) is -0.536. The largest absolute Gasteiger partial charge is 0.444 e. The second-order valence-electron chi connectivity index (χ2n) is 5.80. The maximum atomic E-state index is 11.8. The van der Waals surface area contributed by atoms with Crippen LogP contribution in [0, 0.1) is 0 Å². The predicted molar refractivity (Wildman–Crippen MR) is 78.9 cm³/mol. The van der Waals surface area contributed by atoms with Crippen LogP contribution in [0.4, 0.5) is 4.79 Å². The van der Waals surface area contributed by atoms with Crippen molar-refractivity contribution in [1.82, 2.24) is 15.5 Å². The van der Waals surface area contributed by atoms with E-state index in [0.717, 1.165) is 0 Å². The number of nitrogens with one attached hydrogen (secondary N) is 1. The van der Waals surface area contributed by atoms with Gasteiger partial charge in [-0.1, -0.05) is 19.0 Å². The quantitative estimate of drug-likeness (QED) is 0.900. The highest BCUT2D eigenvalue weighted by atomic mass is 32.2. The van der Waals surface area contributed by atoms with E-state index in [-0.39, 0.29) is 12.0 Å². The molecule has 0 aliphatic carbocycles. The number of aromatic nitrogens is 2. The van der Waals surface area contributed by atoms with Crippen LogP contribution in [0.15, 0.2) is 4.52 Å². The van der Waals surface area contributed by atoms with Crippen LogP contribution in [0.3, 0.4) is 0 Å². The van der Waals surface area contributed by atoms with Crippen LogP contribution >= 0.6 is 11.8 Å². The van der Waals surface area contributed by atoms with Crippen molar-refractivity contribution in [1.29, 1.82) is 0 Å². The fourth-order valence-corrected chi connectivity index (χ4v) is 1.97. The molecule has 0 saturated heterocycles. The number of nitrogens with zero attached hydrogens (tertiary/aromatic N) is 2. The first-order valence-electron chi connectivity index (χ1n) is 6.55. The fourth-order valence-electron chi connectivity index (χ4n) is 1.41. The lowest BCUT2D eigenvalue weighted by atomic mass is 10.2. The van der Waals surface area contributed by atoms with E-state index in [2.05, 4.69) is 15.5 Å². The molecule has 0 radical (unpaired) electrons. The molecule has 1 aromatic rings. The minimum atomic E-state index is -0.536. The highest BCUT2D eigenvalue weighted by molar-refractivity contribution is 7.98. The molecule has 0 unspecified atom stereocenters. The first kappa shape index (κ1) is 16.8. The van der Waals surface area contributed by atoms with Gasteiger partial charge in [-0.15, -0.1) is 0 Å². The van der Waals surface area contributed by atoms with Gasteiger partial charge in [-0.05, 0) is 27.0 Å². The van der Waals surface area contributed by atoms with E-state index in [1.165, 1.54) is 0 Å². The molecule has 114 valence electrons. The number of thioether (sulfide) groups is 1. The molecule has 0 fully saturated rings. The Kier molecular flexibility index (Phi) is 5.86. The lowest BCUT2D eigenvalue weighted by Crippen LogP contribution is -2.36. The van der Waals surface area contributed by atoms with Gasteiger partial charge in [0.25, 0.3) is 0 Å². The van der Waals surface area contributed by atoms with Crippen molar-refractivity contribution in [2.45, 2.75) is 52.2 Å². The summed E-state index contributed by atoms with van der Waals surface area (Å²) < 4.78 is 10.5. The third-order valence-electron chi connectivity index (χ3n) is 2.30. The molecule has 1 atom stereocenters. The summed E-state index contributed by atoms with van der Waals surface area (Å²) in [6.07, 6.45) is 1.46. The number of rotatable bonds is 5. The number of alkyl carbamates (subject to hydrolysis) is 1. The SMILES string of the molecule is CSC[C@H](NC(=O)OC(C)(C)C)c1nc(C(C)C)no1. The van der Waals surface area contributed by atoms with E-state index < -0.39 is 11.7 Å². The highest BCUT2D eigenvalue weighted by Gasteiger charge is 2.24. The molecule has 0 aromatic carbocycles. The van der Waals surface area contributed by atoms with Crippen molar-refractivity contribution in [2.24, 2.45) is 0 Å². The third kappa shape index (κ3) is 5.40. The summed E-state index contributed by atoms with van der Waals surface area (Å²) >= 11 is 1.58. The van der Waals surface area contributed by atoms with Gasteiger partial charge in [0.2, 0.25) is 5.89 Å². The molecule has 0 bridgehead atoms. The molecule has 1 amide bonds. The Balaban J connectivity index is 2.75. The maximum Gasteiger partial charge on any atom is 0.408 e. The van der Waals surface area contributed by atoms with Gasteiger partial charge in [0.05, 0.1) is 0 Å². The van der Waals surface area contributed by atoms with Crippen molar-refractivity contribution < 1.29 is 14.1 Å². The zero-order valence-corrected chi connectivity index (χ0v) is 13.7. The van der Waals surface area contributed by atoms with Crippen molar-refractivity contribution in [3.8, 4) is 0 Å². The van der Waals surface area contributed by atoms with E-state index in [0.29, 0.717) is 17.5 Å². The smallest absolute Gasteiger partial charge is 0.408 e. The number of carbonyl (C=O) groups is 1. The van der Waals surface area contributed by atoms with Crippen LogP contribution in [0.1, 0.15) is 58.3 Å². The van der Waals surface area contributed by atoms with Gasteiger partial charge in [-0.2, -0.15) is 16.7 Å². The maximum absolute atomic E-state index is 11.8. The Bertz CT molecular complexity index is 440. The molecule has 1 N–H and O–H groups in total. The number of ether oxygens (including phenoxy) is 1. The Morgan fingerprint density at radius 3 is 2.55 bits per heavy atom. The van der Waals surface area contributed by atoms with Gasteiger partial charge in [-0.3, -0.25) is 0 Å². The van der Waals surface area contributed by atoms with Crippen LogP contribution < -0.4 is 5.32 Å². The van der Waals surface area contributed by atoms with E-state index in [9.17, 15) is 4.79 Å². The second-order valence-corrected chi connectivity index (χ2v) is 6.71. The molecule has 1 aromatic heterocycles. The van der Waals surface area contributed by atoms with E-state index >= 15 is 0 Å². The Morgan fingerprint density at radius 2 is 2.10 bits per heavy atom. The minimum Gasteiger partial charge on any atom is -0.444 e. The molecule has 0 aliphatic rings. The minimum absolute atomic E-state index is 0.184. The van der Waals surface area contributed by atoms with Crippen LogP contribution in [0.25, 0.3) is 0 Å². The average molecular weight is 301 g/mol. The molecular weight excluding hydrogens is 278 g/mol. The van der Waals surface area contributed by atoms with E-state index in [1.54, 1.807) is 11.8 Å². The third-order valence-corrected chi connectivity index (χ3v) is 2.96. The molecule has 20 heavy (non-hydrogen) atoms. The van der Waals surface area contributed by atoms with Gasteiger partial charge >= 0.3 is 6.09 Å².